The van der Waals surface area contributed by atoms with Gasteiger partial charge in [0.1, 0.15) is 0 Å². The van der Waals surface area contributed by atoms with Crippen molar-refractivity contribution in [3.63, 3.8) is 0 Å². The van der Waals surface area contributed by atoms with Gasteiger partial charge >= 0.3 is 0 Å². The average Bonchev–Trinajstić information content (AvgIpc) is 3.24. The zero-order chi connectivity index (χ0) is 19.2. The number of aromatic nitrogens is 4. The number of amides is 1. The molecule has 0 radical (unpaired) electrons. The molecular formula is C20H28N6O. The molecule has 27 heavy (non-hydrogen) atoms. The van der Waals surface area contributed by atoms with E-state index in [-0.39, 0.29) is 5.91 Å². The highest BCUT2D eigenvalue weighted by atomic mass is 16.1. The van der Waals surface area contributed by atoms with Crippen molar-refractivity contribution < 1.29 is 4.79 Å². The third kappa shape index (κ3) is 4.74. The normalized spacial score (nSPS) is 11.4. The highest BCUT2D eigenvalue weighted by molar-refractivity contribution is 5.91. The van der Waals surface area contributed by atoms with Crippen LogP contribution in [-0.2, 0) is 17.9 Å². The lowest BCUT2D eigenvalue weighted by molar-refractivity contribution is -0.116. The van der Waals surface area contributed by atoms with Crippen molar-refractivity contribution in [3.05, 3.63) is 42.2 Å². The molecule has 0 aliphatic heterocycles. The predicted molar refractivity (Wildman–Crippen MR) is 108 cm³/mol. The van der Waals surface area contributed by atoms with E-state index in [1.54, 1.807) is 10.9 Å². The standard InChI is InChI=1S/C20H28N6O/c1-4-24(5-2)12-13-26-18-9-7-6-8-17(18)22-20(26)23-19(27)10-11-25-15-16(3)14-21-25/h6-9,14-15H,4-5,10-13H2,1-3H3,(H,22,23,27). The summed E-state index contributed by atoms with van der Waals surface area (Å²) < 4.78 is 3.89. The number of hydrogen-bond donors (Lipinski definition) is 1. The first-order chi connectivity index (χ1) is 13.1. The van der Waals surface area contributed by atoms with Crippen LogP contribution in [0.15, 0.2) is 36.7 Å². The Morgan fingerprint density at radius 2 is 1.96 bits per heavy atom. The van der Waals surface area contributed by atoms with Gasteiger partial charge < -0.3 is 9.47 Å². The van der Waals surface area contributed by atoms with Gasteiger partial charge in [-0.3, -0.25) is 14.8 Å². The second kappa shape index (κ2) is 8.81. The summed E-state index contributed by atoms with van der Waals surface area (Å²) in [5.41, 5.74) is 3.03. The molecule has 7 heteroatoms. The molecule has 0 aliphatic rings. The van der Waals surface area contributed by atoms with E-state index in [1.165, 1.54) is 0 Å². The van der Waals surface area contributed by atoms with Gasteiger partial charge in [0, 0.05) is 32.3 Å². The largest absolute Gasteiger partial charge is 0.309 e. The summed E-state index contributed by atoms with van der Waals surface area (Å²) in [5, 5.41) is 7.22. The summed E-state index contributed by atoms with van der Waals surface area (Å²) in [6, 6.07) is 8.00. The number of likely N-dealkylation sites (N-methyl/N-ethyl adjacent to an activating group) is 1. The minimum absolute atomic E-state index is 0.0532. The fourth-order valence-electron chi connectivity index (χ4n) is 3.17. The number of para-hydroxylation sites is 2. The number of nitrogens with zero attached hydrogens (tertiary/aromatic N) is 5. The number of anilines is 1. The molecule has 0 aliphatic carbocycles. The third-order valence-corrected chi connectivity index (χ3v) is 4.77. The maximum absolute atomic E-state index is 12.5. The van der Waals surface area contributed by atoms with E-state index in [0.29, 0.717) is 18.9 Å². The summed E-state index contributed by atoms with van der Waals surface area (Å²) in [7, 11) is 0. The van der Waals surface area contributed by atoms with E-state index in [0.717, 1.165) is 42.8 Å². The van der Waals surface area contributed by atoms with Crippen molar-refractivity contribution in [2.24, 2.45) is 0 Å². The zero-order valence-electron chi connectivity index (χ0n) is 16.4. The molecule has 0 bridgehead atoms. The summed E-state index contributed by atoms with van der Waals surface area (Å²) >= 11 is 0. The summed E-state index contributed by atoms with van der Waals surface area (Å²) in [4.78, 5) is 19.4. The Bertz CT molecular complexity index is 893. The van der Waals surface area contributed by atoms with Gasteiger partial charge in [0.25, 0.3) is 0 Å². The SMILES string of the molecule is CCN(CC)CCn1c(NC(=O)CCn2cc(C)cn2)nc2ccccc21. The number of nitrogens with one attached hydrogen (secondary N) is 1. The van der Waals surface area contributed by atoms with Gasteiger partial charge in [-0.25, -0.2) is 4.98 Å². The van der Waals surface area contributed by atoms with Crippen LogP contribution in [0.5, 0.6) is 0 Å². The van der Waals surface area contributed by atoms with Crippen molar-refractivity contribution in [2.75, 3.05) is 25.0 Å². The van der Waals surface area contributed by atoms with Gasteiger partial charge in [0.2, 0.25) is 11.9 Å². The van der Waals surface area contributed by atoms with Crippen molar-refractivity contribution >= 4 is 22.9 Å². The third-order valence-electron chi connectivity index (χ3n) is 4.77. The molecule has 2 aromatic heterocycles. The van der Waals surface area contributed by atoms with Crippen LogP contribution in [0.25, 0.3) is 11.0 Å². The first-order valence-electron chi connectivity index (χ1n) is 9.57. The molecule has 0 atom stereocenters. The Labute approximate surface area is 160 Å². The second-order valence-electron chi connectivity index (χ2n) is 6.68. The zero-order valence-corrected chi connectivity index (χ0v) is 16.4. The van der Waals surface area contributed by atoms with Gasteiger partial charge in [0.05, 0.1) is 17.2 Å². The van der Waals surface area contributed by atoms with Crippen LogP contribution in [-0.4, -0.2) is 49.8 Å². The maximum Gasteiger partial charge on any atom is 0.228 e. The molecule has 0 fully saturated rings. The fourth-order valence-corrected chi connectivity index (χ4v) is 3.17. The molecular weight excluding hydrogens is 340 g/mol. The first-order valence-corrected chi connectivity index (χ1v) is 9.57. The number of carbonyl (C=O) groups is 1. The lowest BCUT2D eigenvalue weighted by Crippen LogP contribution is -2.27. The minimum atomic E-state index is -0.0532. The van der Waals surface area contributed by atoms with E-state index < -0.39 is 0 Å². The van der Waals surface area contributed by atoms with Crippen LogP contribution in [0, 0.1) is 6.92 Å². The Balaban J connectivity index is 1.72. The molecule has 0 spiro atoms. The number of fused-ring (bicyclic) bond motifs is 1. The van der Waals surface area contributed by atoms with E-state index in [9.17, 15) is 4.79 Å². The van der Waals surface area contributed by atoms with Gasteiger partial charge in [-0.05, 0) is 37.7 Å². The summed E-state index contributed by atoms with van der Waals surface area (Å²) in [6.45, 7) is 10.6. The highest BCUT2D eigenvalue weighted by Crippen LogP contribution is 2.20. The van der Waals surface area contributed by atoms with E-state index in [2.05, 4.69) is 38.7 Å². The Morgan fingerprint density at radius 3 is 2.67 bits per heavy atom. The van der Waals surface area contributed by atoms with Gasteiger partial charge in [0.15, 0.2) is 0 Å². The molecule has 144 valence electrons. The average molecular weight is 368 g/mol. The predicted octanol–water partition coefficient (Wildman–Crippen LogP) is 2.91. The van der Waals surface area contributed by atoms with Crippen LogP contribution in [0.1, 0.15) is 25.8 Å². The van der Waals surface area contributed by atoms with Crippen LogP contribution in [0.4, 0.5) is 5.95 Å². The monoisotopic (exact) mass is 368 g/mol. The van der Waals surface area contributed by atoms with Crippen LogP contribution >= 0.6 is 0 Å². The highest BCUT2D eigenvalue weighted by Gasteiger charge is 2.14. The molecule has 1 amide bonds. The number of carbonyl (C=O) groups excluding carboxylic acids is 1. The lowest BCUT2D eigenvalue weighted by atomic mass is 10.3. The molecule has 0 saturated heterocycles. The Morgan fingerprint density at radius 1 is 1.19 bits per heavy atom. The molecule has 3 aromatic rings. The Hall–Kier alpha value is -2.67. The topological polar surface area (TPSA) is 68.0 Å². The van der Waals surface area contributed by atoms with Crippen molar-refractivity contribution in [1.29, 1.82) is 0 Å². The second-order valence-corrected chi connectivity index (χ2v) is 6.68. The van der Waals surface area contributed by atoms with E-state index >= 15 is 0 Å². The molecule has 0 unspecified atom stereocenters. The van der Waals surface area contributed by atoms with E-state index in [1.807, 2.05) is 37.4 Å². The van der Waals surface area contributed by atoms with Gasteiger partial charge in [-0.2, -0.15) is 5.10 Å². The van der Waals surface area contributed by atoms with Crippen molar-refractivity contribution in [1.82, 2.24) is 24.2 Å². The molecule has 1 N–H and O–H groups in total. The first kappa shape index (κ1) is 19.1. The fraction of sp³-hybridized carbons (Fsp3) is 0.450. The van der Waals surface area contributed by atoms with Gasteiger partial charge in [-0.15, -0.1) is 0 Å². The smallest absolute Gasteiger partial charge is 0.228 e. The number of aryl methyl sites for hydroxylation is 2. The van der Waals surface area contributed by atoms with E-state index in [4.69, 9.17) is 0 Å². The molecule has 7 nitrogen and oxygen atoms in total. The van der Waals surface area contributed by atoms with Crippen molar-refractivity contribution in [2.45, 2.75) is 40.3 Å². The molecule has 2 heterocycles. The maximum atomic E-state index is 12.5. The number of imidazole rings is 1. The number of rotatable bonds is 9. The molecule has 0 saturated carbocycles. The molecule has 3 rings (SSSR count). The Kier molecular flexibility index (Phi) is 6.24. The summed E-state index contributed by atoms with van der Waals surface area (Å²) in [5.74, 6) is 0.563. The number of hydrogen-bond acceptors (Lipinski definition) is 4. The lowest BCUT2D eigenvalue weighted by Gasteiger charge is -2.19. The van der Waals surface area contributed by atoms with Crippen molar-refractivity contribution in [3.8, 4) is 0 Å². The van der Waals surface area contributed by atoms with Gasteiger partial charge in [-0.1, -0.05) is 26.0 Å². The van der Waals surface area contributed by atoms with Crippen LogP contribution < -0.4 is 5.32 Å². The van der Waals surface area contributed by atoms with Crippen LogP contribution in [0.2, 0.25) is 0 Å². The quantitative estimate of drug-likeness (QED) is 0.631. The number of benzene rings is 1. The minimum Gasteiger partial charge on any atom is -0.309 e. The summed E-state index contributed by atoms with van der Waals surface area (Å²) in [6.07, 6.45) is 4.09. The van der Waals surface area contributed by atoms with Crippen LogP contribution in [0.3, 0.4) is 0 Å². The molecule has 1 aromatic carbocycles.